The zero-order chi connectivity index (χ0) is 4.50. The predicted molar refractivity (Wildman–Crippen MR) is 93.7 cm³/mol. The van der Waals surface area contributed by atoms with E-state index in [4.69, 9.17) is 17.5 Å². The van der Waals surface area contributed by atoms with E-state index in [1.807, 2.05) is 0 Å². The third-order valence-electron chi connectivity index (χ3n) is 0. The topological polar surface area (TPSA) is 276 Å². The summed E-state index contributed by atoms with van der Waals surface area (Å²) in [5.74, 6) is 0. The summed E-state index contributed by atoms with van der Waals surface area (Å²) in [7, 11) is -5.17. The van der Waals surface area contributed by atoms with Gasteiger partial charge in [0.2, 0.25) is 0 Å². The molecule has 0 aromatic rings. The van der Waals surface area contributed by atoms with E-state index in [1.54, 1.807) is 0 Å². The zero-order valence-corrected chi connectivity index (χ0v) is 17.9. The van der Waals surface area contributed by atoms with Crippen molar-refractivity contribution in [1.82, 2.24) is 12.3 Å². The smallest absolute Gasteiger partial charge is 1.00 e. The summed E-state index contributed by atoms with van der Waals surface area (Å²) < 4.78 is 34.1. The fourth-order valence-electron chi connectivity index (χ4n) is 0. The van der Waals surface area contributed by atoms with E-state index in [9.17, 15) is 0 Å². The van der Waals surface area contributed by atoms with Gasteiger partial charge in [-0.3, -0.25) is 8.42 Å². The standard InChI is InChI=1S/5CH4.2B.2H3N.3Na.H2O4S.4H2O.H2S.H2.H/c;;;;;;;;;;;;1-5(2,3)4;;;;;;;/h5*1H4;;;2*1H3;;;;(H2,1,2,3,4);5*1H2;1H;/q;;;;;;;;;3*+1;;;;;;;;-1/p-2. The Balaban J connectivity index is -0.000000000468. The van der Waals surface area contributed by atoms with Gasteiger partial charge in [-0.05, 0) is 0 Å². The minimum atomic E-state index is -5.17. The molecule has 0 aromatic carbocycles. The van der Waals surface area contributed by atoms with E-state index in [-0.39, 0.29) is 193 Å². The molecule has 10 nitrogen and oxygen atoms in total. The second-order valence-electron chi connectivity index (χ2n) is 0.408. The van der Waals surface area contributed by atoms with Crippen LogP contribution in [-0.2, 0) is 10.4 Å². The van der Waals surface area contributed by atoms with Crippen LogP contribution in [0.1, 0.15) is 40.0 Å². The van der Waals surface area contributed by atoms with Crippen molar-refractivity contribution in [3.8, 4) is 0 Å². The van der Waals surface area contributed by atoms with Crippen LogP contribution in [0.15, 0.2) is 0 Å². The average molecular weight is 410 g/mol. The van der Waals surface area contributed by atoms with Gasteiger partial charge in [0.25, 0.3) is 0 Å². The van der Waals surface area contributed by atoms with Gasteiger partial charge < -0.3 is 44.7 Å². The van der Waals surface area contributed by atoms with Crippen LogP contribution in [0.3, 0.4) is 0 Å². The van der Waals surface area contributed by atoms with Gasteiger partial charge in [-0.2, -0.15) is 13.5 Å². The van der Waals surface area contributed by atoms with Crippen molar-refractivity contribution in [2.45, 2.75) is 37.1 Å². The molecule has 0 heterocycles. The van der Waals surface area contributed by atoms with Crippen LogP contribution in [0.25, 0.3) is 0 Å². The summed E-state index contributed by atoms with van der Waals surface area (Å²) in [6, 6.07) is 0. The molecule has 17 heteroatoms. The molecule has 14 N–H and O–H groups in total. The largest absolute Gasteiger partial charge is 1.00 e. The Morgan fingerprint density at radius 2 is 0.636 bits per heavy atom. The van der Waals surface area contributed by atoms with Crippen molar-refractivity contribution in [3.05, 3.63) is 0 Å². The van der Waals surface area contributed by atoms with Gasteiger partial charge in [-0.15, -0.1) is 0 Å². The maximum absolute atomic E-state index is 8.52. The van der Waals surface area contributed by atoms with Gasteiger partial charge in [0.1, 0.15) is 0 Å². The average Bonchev–Trinajstić information content (AvgIpc) is 0.722. The molecule has 0 amide bonds. The van der Waals surface area contributed by atoms with Crippen LogP contribution in [0, 0.1) is 0 Å². The van der Waals surface area contributed by atoms with E-state index >= 15 is 0 Å². The maximum atomic E-state index is 8.52. The van der Waals surface area contributed by atoms with E-state index in [0.717, 1.165) is 0 Å². The van der Waals surface area contributed by atoms with Gasteiger partial charge in [0.15, 0.2) is 0 Å². The molecular weight excluding hydrogens is 371 g/mol. The van der Waals surface area contributed by atoms with Crippen LogP contribution in [0.2, 0.25) is 0 Å². The van der Waals surface area contributed by atoms with Crippen LogP contribution in [0.4, 0.5) is 0 Å². The minimum Gasteiger partial charge on any atom is -1.00 e. The van der Waals surface area contributed by atoms with Gasteiger partial charge in [0, 0.05) is 28.7 Å². The fourth-order valence-corrected chi connectivity index (χ4v) is 0. The molecule has 0 saturated carbocycles. The third kappa shape index (κ3) is 1170. The number of hydrogen-bond acceptors (Lipinski definition) is 6. The molecule has 0 rings (SSSR count). The summed E-state index contributed by atoms with van der Waals surface area (Å²) in [5.41, 5.74) is 0. The van der Waals surface area contributed by atoms with Crippen molar-refractivity contribution >= 4 is 40.7 Å². The van der Waals surface area contributed by atoms with Crippen molar-refractivity contribution in [2.75, 3.05) is 0 Å². The van der Waals surface area contributed by atoms with Crippen molar-refractivity contribution < 1.29 is 131 Å². The summed E-state index contributed by atoms with van der Waals surface area (Å²) in [5, 5.41) is 0. The predicted octanol–water partition coefficient (Wildman–Crippen LogP) is -10.4. The molecule has 0 aliphatic rings. The van der Waals surface area contributed by atoms with E-state index < -0.39 is 10.4 Å². The Morgan fingerprint density at radius 3 is 0.636 bits per heavy atom. The van der Waals surface area contributed by atoms with Crippen molar-refractivity contribution in [1.29, 1.82) is 0 Å². The molecule has 0 unspecified atom stereocenters. The molecule has 0 aliphatic carbocycles. The molecule has 0 bridgehead atoms. The maximum Gasteiger partial charge on any atom is 1.00 e. The molecule has 0 spiro atoms. The van der Waals surface area contributed by atoms with Crippen LogP contribution < -0.4 is 101 Å². The van der Waals surface area contributed by atoms with E-state index in [1.165, 1.54) is 0 Å². The molecule has 0 aliphatic heterocycles. The Labute approximate surface area is 218 Å². The first-order chi connectivity index (χ1) is 2.00. The molecule has 6 radical (unpaired) electrons. The zero-order valence-electron chi connectivity index (χ0n) is 11.1. The summed E-state index contributed by atoms with van der Waals surface area (Å²) in [4.78, 5) is 0. The van der Waals surface area contributed by atoms with Crippen molar-refractivity contribution in [2.24, 2.45) is 0 Å². The number of rotatable bonds is 0. The Hall–Kier alpha value is 3.11. The van der Waals surface area contributed by atoms with Gasteiger partial charge >= 0.3 is 88.7 Å². The molecule has 0 atom stereocenters. The molecule has 22 heavy (non-hydrogen) atoms. The number of hydrogen-bond donors (Lipinski definition) is 2. The van der Waals surface area contributed by atoms with Gasteiger partial charge in [-0.25, -0.2) is 0 Å². The normalized spacial score (nSPS) is 2.64. The second-order valence-corrected chi connectivity index (χ2v) is 1.22. The van der Waals surface area contributed by atoms with Crippen LogP contribution in [0.5, 0.6) is 0 Å². The third-order valence-corrected chi connectivity index (χ3v) is 0. The van der Waals surface area contributed by atoms with Crippen molar-refractivity contribution in [3.63, 3.8) is 0 Å². The molecule has 0 saturated heterocycles. The molecule has 138 valence electrons. The summed E-state index contributed by atoms with van der Waals surface area (Å²) in [6.45, 7) is 0. The van der Waals surface area contributed by atoms with Gasteiger partial charge in [-0.1, -0.05) is 37.1 Å². The Kier molecular flexibility index (Phi) is 2040. The fraction of sp³-hybridized carbons (Fsp3) is 1.00. The summed E-state index contributed by atoms with van der Waals surface area (Å²) in [6.07, 6.45) is 0. The first-order valence-electron chi connectivity index (χ1n) is 0.667. The Morgan fingerprint density at radius 1 is 0.636 bits per heavy atom. The van der Waals surface area contributed by atoms with Crippen LogP contribution >= 0.6 is 13.5 Å². The Bertz CT molecular complexity index is 145. The summed E-state index contributed by atoms with van der Waals surface area (Å²) >= 11 is 0. The van der Waals surface area contributed by atoms with Gasteiger partial charge in [0.05, 0.1) is 0 Å². The molecular formula is C5H39B2N2Na3O8S2. The van der Waals surface area contributed by atoms with E-state index in [2.05, 4.69) is 0 Å². The molecule has 0 aromatic heterocycles. The minimum absolute atomic E-state index is 0. The monoisotopic (exact) mass is 410 g/mol. The van der Waals surface area contributed by atoms with Crippen LogP contribution in [-0.4, -0.2) is 56.3 Å². The second kappa shape index (κ2) is 155. The first kappa shape index (κ1) is 289. The van der Waals surface area contributed by atoms with E-state index in [0.29, 0.717) is 0 Å². The molecule has 0 fully saturated rings. The SMILES string of the molecule is C.C.C.C.C.N.N.O.O.O.O.O=S(=O)([O-])[O-].S.[B].[B].[H-].[HH].[Na+].[Na+].[Na+]. The first-order valence-corrected chi connectivity index (χ1v) is 2.00. The quantitative estimate of drug-likeness (QED) is 0.222.